The fraction of sp³-hybridized carbons (Fsp3) is 0.0952. The number of non-ortho nitro benzene ring substituents is 1. The molecule has 158 valence electrons. The Balaban J connectivity index is 1.69. The van der Waals surface area contributed by atoms with Crippen molar-refractivity contribution in [2.24, 2.45) is 5.10 Å². The van der Waals surface area contributed by atoms with Crippen LogP contribution in [0.5, 0.6) is 5.75 Å². The molecule has 1 aromatic heterocycles. The van der Waals surface area contributed by atoms with E-state index in [-0.39, 0.29) is 17.0 Å². The van der Waals surface area contributed by atoms with Crippen molar-refractivity contribution in [1.82, 2.24) is 5.43 Å². The van der Waals surface area contributed by atoms with Crippen LogP contribution < -0.4 is 10.2 Å². The van der Waals surface area contributed by atoms with Crippen LogP contribution in [-0.2, 0) is 4.74 Å². The summed E-state index contributed by atoms with van der Waals surface area (Å²) in [7, 11) is 2.66. The molecule has 0 unspecified atom stereocenters. The third kappa shape index (κ3) is 4.93. The molecule has 0 fully saturated rings. The Morgan fingerprint density at radius 3 is 2.48 bits per heavy atom. The fourth-order valence-corrected chi connectivity index (χ4v) is 2.67. The van der Waals surface area contributed by atoms with Crippen LogP contribution in [0, 0.1) is 10.1 Å². The summed E-state index contributed by atoms with van der Waals surface area (Å²) in [6, 6.07) is 13.7. The molecule has 0 saturated carbocycles. The molecule has 10 nitrogen and oxygen atoms in total. The number of carbonyl (C=O) groups excluding carboxylic acids is 2. The van der Waals surface area contributed by atoms with Crippen LogP contribution in [0.2, 0.25) is 0 Å². The molecule has 3 aromatic rings. The normalized spacial score (nSPS) is 10.6. The topological polar surface area (TPSA) is 133 Å². The van der Waals surface area contributed by atoms with Crippen molar-refractivity contribution in [3.63, 3.8) is 0 Å². The quantitative estimate of drug-likeness (QED) is 0.266. The molecule has 0 aliphatic carbocycles. The minimum Gasteiger partial charge on any atom is -0.496 e. The highest BCUT2D eigenvalue weighted by atomic mass is 16.6. The molecule has 31 heavy (non-hydrogen) atoms. The van der Waals surface area contributed by atoms with E-state index >= 15 is 0 Å². The van der Waals surface area contributed by atoms with Crippen molar-refractivity contribution in [1.29, 1.82) is 0 Å². The van der Waals surface area contributed by atoms with Gasteiger partial charge < -0.3 is 13.9 Å². The average Bonchev–Trinajstić information content (AvgIpc) is 3.27. The lowest BCUT2D eigenvalue weighted by atomic mass is 10.1. The monoisotopic (exact) mass is 423 g/mol. The number of nitro benzene ring substituents is 1. The Kier molecular flexibility index (Phi) is 6.41. The van der Waals surface area contributed by atoms with E-state index in [1.54, 1.807) is 36.4 Å². The summed E-state index contributed by atoms with van der Waals surface area (Å²) in [4.78, 5) is 34.1. The van der Waals surface area contributed by atoms with Crippen LogP contribution in [0.1, 0.15) is 26.5 Å². The second-order valence-corrected chi connectivity index (χ2v) is 6.11. The summed E-state index contributed by atoms with van der Waals surface area (Å²) in [5.41, 5.74) is 3.16. The summed E-state index contributed by atoms with van der Waals surface area (Å²) in [6.45, 7) is 0. The van der Waals surface area contributed by atoms with E-state index in [1.807, 2.05) is 0 Å². The first kappa shape index (κ1) is 21.2. The van der Waals surface area contributed by atoms with Crippen molar-refractivity contribution in [2.45, 2.75) is 0 Å². The lowest BCUT2D eigenvalue weighted by molar-refractivity contribution is -0.384. The number of rotatable bonds is 7. The van der Waals surface area contributed by atoms with Crippen molar-refractivity contribution in [3.8, 4) is 17.1 Å². The lowest BCUT2D eigenvalue weighted by Gasteiger charge is -2.06. The number of hydrogen-bond acceptors (Lipinski definition) is 8. The number of hydrazone groups is 1. The molecule has 1 heterocycles. The standard InChI is InChI=1S/C21H17N3O7/c1-29-19-9-7-15(24(27)28)11-17(19)20(25)23-22-12-16-8-10-18(31-16)13-3-5-14(6-4-13)21(26)30-2/h3-12H,1-2H3,(H,23,25)/b22-12-. The van der Waals surface area contributed by atoms with Gasteiger partial charge in [0.05, 0.1) is 36.5 Å². The van der Waals surface area contributed by atoms with E-state index in [2.05, 4.69) is 15.3 Å². The first-order valence-corrected chi connectivity index (χ1v) is 8.87. The SMILES string of the molecule is COC(=O)c1ccc(-c2ccc(/C=N\NC(=O)c3cc([N+](=O)[O-])ccc3OC)o2)cc1. The number of amides is 1. The Bertz CT molecular complexity index is 1150. The van der Waals surface area contributed by atoms with E-state index in [4.69, 9.17) is 9.15 Å². The van der Waals surface area contributed by atoms with E-state index in [0.29, 0.717) is 17.1 Å². The number of nitrogens with one attached hydrogen (secondary N) is 1. The molecule has 2 aromatic carbocycles. The zero-order valence-corrected chi connectivity index (χ0v) is 16.5. The molecule has 0 atom stereocenters. The molecule has 1 N–H and O–H groups in total. The number of esters is 1. The summed E-state index contributed by atoms with van der Waals surface area (Å²) in [5, 5.41) is 14.7. The fourth-order valence-electron chi connectivity index (χ4n) is 2.67. The van der Waals surface area contributed by atoms with Gasteiger partial charge in [0.2, 0.25) is 0 Å². The smallest absolute Gasteiger partial charge is 0.337 e. The molecule has 0 radical (unpaired) electrons. The molecule has 10 heteroatoms. The van der Waals surface area contributed by atoms with Crippen molar-refractivity contribution >= 4 is 23.8 Å². The van der Waals surface area contributed by atoms with Crippen LogP contribution in [0.15, 0.2) is 64.1 Å². The van der Waals surface area contributed by atoms with Gasteiger partial charge in [0.15, 0.2) is 0 Å². The first-order chi connectivity index (χ1) is 14.9. The predicted molar refractivity (Wildman–Crippen MR) is 110 cm³/mol. The number of carbonyl (C=O) groups is 2. The highest BCUT2D eigenvalue weighted by Gasteiger charge is 2.17. The Labute approximate surface area is 176 Å². The minimum absolute atomic E-state index is 0.0281. The van der Waals surface area contributed by atoms with Gasteiger partial charge in [-0.15, -0.1) is 0 Å². The largest absolute Gasteiger partial charge is 0.496 e. The third-order valence-electron chi connectivity index (χ3n) is 4.21. The molecular weight excluding hydrogens is 406 g/mol. The molecule has 0 aliphatic heterocycles. The van der Waals surface area contributed by atoms with Crippen LogP contribution in [0.25, 0.3) is 11.3 Å². The molecule has 0 saturated heterocycles. The number of nitrogens with zero attached hydrogens (tertiary/aromatic N) is 2. The first-order valence-electron chi connectivity index (χ1n) is 8.87. The number of furan rings is 1. The third-order valence-corrected chi connectivity index (χ3v) is 4.21. The summed E-state index contributed by atoms with van der Waals surface area (Å²) >= 11 is 0. The molecule has 3 rings (SSSR count). The average molecular weight is 423 g/mol. The molecule has 1 amide bonds. The number of nitro groups is 1. The van der Waals surface area contributed by atoms with E-state index in [9.17, 15) is 19.7 Å². The van der Waals surface area contributed by atoms with Crippen LogP contribution in [0.4, 0.5) is 5.69 Å². The molecule has 0 aliphatic rings. The summed E-state index contributed by atoms with van der Waals surface area (Å²) in [5.74, 6) is -0.0474. The number of benzene rings is 2. The Hall–Kier alpha value is -4.47. The maximum atomic E-state index is 12.3. The van der Waals surface area contributed by atoms with Crippen molar-refractivity contribution in [3.05, 3.63) is 81.6 Å². The van der Waals surface area contributed by atoms with E-state index in [0.717, 1.165) is 11.6 Å². The van der Waals surface area contributed by atoms with Crippen LogP contribution in [-0.4, -0.2) is 37.2 Å². The number of methoxy groups -OCH3 is 2. The second-order valence-electron chi connectivity index (χ2n) is 6.11. The van der Waals surface area contributed by atoms with Gasteiger partial charge in [-0.3, -0.25) is 14.9 Å². The van der Waals surface area contributed by atoms with E-state index in [1.165, 1.54) is 32.6 Å². The summed E-state index contributed by atoms with van der Waals surface area (Å²) in [6.07, 6.45) is 1.29. The van der Waals surface area contributed by atoms with Gasteiger partial charge in [-0.05, 0) is 30.3 Å². The van der Waals surface area contributed by atoms with Crippen LogP contribution in [0.3, 0.4) is 0 Å². The molecule has 0 spiro atoms. The molecule has 0 bridgehead atoms. The maximum Gasteiger partial charge on any atom is 0.337 e. The molecular formula is C21H17N3O7. The van der Waals surface area contributed by atoms with Gasteiger partial charge in [0.25, 0.3) is 11.6 Å². The van der Waals surface area contributed by atoms with Gasteiger partial charge >= 0.3 is 5.97 Å². The van der Waals surface area contributed by atoms with Crippen LogP contribution >= 0.6 is 0 Å². The van der Waals surface area contributed by atoms with Crippen molar-refractivity contribution < 1.29 is 28.4 Å². The van der Waals surface area contributed by atoms with Gasteiger partial charge in [-0.2, -0.15) is 5.10 Å². The highest BCUT2D eigenvalue weighted by Crippen LogP contribution is 2.24. The van der Waals surface area contributed by atoms with E-state index < -0.39 is 16.8 Å². The highest BCUT2D eigenvalue weighted by molar-refractivity contribution is 5.98. The second kappa shape index (κ2) is 9.35. The summed E-state index contributed by atoms with van der Waals surface area (Å²) < 4.78 is 15.4. The Morgan fingerprint density at radius 2 is 1.84 bits per heavy atom. The zero-order valence-electron chi connectivity index (χ0n) is 16.5. The minimum atomic E-state index is -0.679. The number of ether oxygens (including phenoxy) is 2. The lowest BCUT2D eigenvalue weighted by Crippen LogP contribution is -2.18. The van der Waals surface area contributed by atoms with Crippen molar-refractivity contribution in [2.75, 3.05) is 14.2 Å². The zero-order chi connectivity index (χ0) is 22.4. The number of hydrogen-bond donors (Lipinski definition) is 1. The predicted octanol–water partition coefficient (Wildman–Crippen LogP) is 3.41. The van der Waals surface area contributed by atoms with Gasteiger partial charge in [-0.25, -0.2) is 10.2 Å². The maximum absolute atomic E-state index is 12.3. The Morgan fingerprint density at radius 1 is 1.10 bits per heavy atom. The van der Waals surface area contributed by atoms with Gasteiger partial charge in [0.1, 0.15) is 17.3 Å². The van der Waals surface area contributed by atoms with Gasteiger partial charge in [0, 0.05) is 17.7 Å². The van der Waals surface area contributed by atoms with Gasteiger partial charge in [-0.1, -0.05) is 12.1 Å².